The van der Waals surface area contributed by atoms with Crippen LogP contribution in [0, 0.1) is 0 Å². The van der Waals surface area contributed by atoms with Crippen LogP contribution in [0.15, 0.2) is 34.2 Å². The molecule has 0 radical (unpaired) electrons. The van der Waals surface area contributed by atoms with Gasteiger partial charge in [-0.25, -0.2) is 4.98 Å². The Hall–Kier alpha value is -1.82. The predicted octanol–water partition coefficient (Wildman–Crippen LogP) is 5.03. The Labute approximate surface area is 177 Å². The molecule has 0 unspecified atom stereocenters. The van der Waals surface area contributed by atoms with Crippen molar-refractivity contribution in [1.82, 2.24) is 14.5 Å². The fraction of sp³-hybridized carbons (Fsp3) is 0.609. The minimum atomic E-state index is -0.278. The van der Waals surface area contributed by atoms with E-state index in [0.29, 0.717) is 22.1 Å². The highest BCUT2D eigenvalue weighted by Crippen LogP contribution is 2.29. The van der Waals surface area contributed by atoms with Crippen molar-refractivity contribution in [1.29, 1.82) is 0 Å². The molecule has 2 aromatic rings. The van der Waals surface area contributed by atoms with Gasteiger partial charge in [-0.2, -0.15) is 0 Å². The van der Waals surface area contributed by atoms with Gasteiger partial charge >= 0.3 is 0 Å². The second-order valence-corrected chi connectivity index (χ2v) is 9.33. The lowest BCUT2D eigenvalue weighted by Crippen LogP contribution is -2.44. The van der Waals surface area contributed by atoms with Gasteiger partial charge in [0.2, 0.25) is 5.91 Å². The Morgan fingerprint density at radius 1 is 1.21 bits per heavy atom. The Morgan fingerprint density at radius 3 is 2.55 bits per heavy atom. The van der Waals surface area contributed by atoms with Gasteiger partial charge in [-0.15, -0.1) is 0 Å². The standard InChI is InChI=1S/C23H33N3O2S/c1-5-16(3)26-22(28)19-14-10-11-15-20(19)24-23(26)29-17(4)21(27)25(6-2)18-12-8-7-9-13-18/h10-11,14-18H,5-9,12-13H2,1-4H3/t16-,17+/m1/s1. The summed E-state index contributed by atoms with van der Waals surface area (Å²) in [6.45, 7) is 8.84. The molecule has 1 amide bonds. The van der Waals surface area contributed by atoms with Crippen LogP contribution in [-0.4, -0.2) is 38.2 Å². The van der Waals surface area contributed by atoms with Crippen molar-refractivity contribution in [2.24, 2.45) is 0 Å². The van der Waals surface area contributed by atoms with E-state index < -0.39 is 0 Å². The van der Waals surface area contributed by atoms with Crippen LogP contribution in [0.25, 0.3) is 10.9 Å². The average molecular weight is 416 g/mol. The lowest BCUT2D eigenvalue weighted by Gasteiger charge is -2.35. The molecule has 1 aliphatic rings. The van der Waals surface area contributed by atoms with Crippen LogP contribution in [-0.2, 0) is 4.79 Å². The van der Waals surface area contributed by atoms with Crippen LogP contribution >= 0.6 is 11.8 Å². The normalized spacial score (nSPS) is 17.2. The fourth-order valence-electron chi connectivity index (χ4n) is 4.21. The van der Waals surface area contributed by atoms with Crippen molar-refractivity contribution in [2.75, 3.05) is 6.54 Å². The first kappa shape index (κ1) is 21.9. The summed E-state index contributed by atoms with van der Waals surface area (Å²) in [7, 11) is 0. The molecule has 1 fully saturated rings. The highest BCUT2D eigenvalue weighted by atomic mass is 32.2. The third kappa shape index (κ3) is 4.68. The summed E-state index contributed by atoms with van der Waals surface area (Å²) in [5.41, 5.74) is 0.672. The molecule has 0 bridgehead atoms. The van der Waals surface area contributed by atoms with Crippen LogP contribution in [0.3, 0.4) is 0 Å². The van der Waals surface area contributed by atoms with Crippen molar-refractivity contribution in [2.45, 2.75) is 88.7 Å². The summed E-state index contributed by atoms with van der Waals surface area (Å²) in [6.07, 6.45) is 6.71. The molecule has 29 heavy (non-hydrogen) atoms. The number of carbonyl (C=O) groups excluding carboxylic acids is 1. The molecule has 1 aromatic heterocycles. The topological polar surface area (TPSA) is 55.2 Å². The number of para-hydroxylation sites is 1. The van der Waals surface area contributed by atoms with Crippen LogP contribution in [0.4, 0.5) is 0 Å². The third-order valence-corrected chi connectivity index (χ3v) is 7.13. The third-order valence-electron chi connectivity index (χ3n) is 6.08. The molecule has 5 nitrogen and oxygen atoms in total. The van der Waals surface area contributed by atoms with Gasteiger partial charge in [-0.1, -0.05) is 50.1 Å². The number of nitrogens with zero attached hydrogens (tertiary/aromatic N) is 3. The molecule has 3 rings (SSSR count). The van der Waals surface area contributed by atoms with Crippen LogP contribution in [0.5, 0.6) is 0 Å². The maximum atomic E-state index is 13.3. The van der Waals surface area contributed by atoms with Gasteiger partial charge < -0.3 is 4.90 Å². The van der Waals surface area contributed by atoms with E-state index in [1.165, 1.54) is 31.0 Å². The molecule has 0 N–H and O–H groups in total. The molecule has 1 aromatic carbocycles. The van der Waals surface area contributed by atoms with Crippen molar-refractivity contribution in [3.05, 3.63) is 34.6 Å². The second kappa shape index (κ2) is 9.79. The fourth-order valence-corrected chi connectivity index (χ4v) is 5.29. The van der Waals surface area contributed by atoms with Crippen molar-refractivity contribution >= 4 is 28.6 Å². The van der Waals surface area contributed by atoms with Crippen LogP contribution in [0.1, 0.15) is 72.3 Å². The Kier molecular flexibility index (Phi) is 7.38. The number of aromatic nitrogens is 2. The molecule has 1 aliphatic carbocycles. The number of rotatable bonds is 7. The Morgan fingerprint density at radius 2 is 1.90 bits per heavy atom. The Bertz CT molecular complexity index is 905. The van der Waals surface area contributed by atoms with Crippen LogP contribution in [0.2, 0.25) is 0 Å². The van der Waals surface area contributed by atoms with E-state index in [0.717, 1.165) is 25.8 Å². The van der Waals surface area contributed by atoms with Gasteiger partial charge in [0.1, 0.15) is 0 Å². The second-order valence-electron chi connectivity index (χ2n) is 8.02. The van der Waals surface area contributed by atoms with Gasteiger partial charge in [-0.05, 0) is 52.2 Å². The van der Waals surface area contributed by atoms with Crippen molar-refractivity contribution in [3.63, 3.8) is 0 Å². The highest BCUT2D eigenvalue weighted by molar-refractivity contribution is 8.00. The maximum Gasteiger partial charge on any atom is 0.262 e. The number of fused-ring (bicyclic) bond motifs is 1. The quantitative estimate of drug-likeness (QED) is 0.470. The van der Waals surface area contributed by atoms with Crippen molar-refractivity contribution in [3.8, 4) is 0 Å². The lowest BCUT2D eigenvalue weighted by atomic mass is 9.94. The molecule has 2 atom stereocenters. The van der Waals surface area contributed by atoms with E-state index in [1.807, 2.05) is 43.0 Å². The number of hydrogen-bond donors (Lipinski definition) is 0. The zero-order valence-electron chi connectivity index (χ0n) is 18.1. The zero-order valence-corrected chi connectivity index (χ0v) is 18.9. The number of hydrogen-bond acceptors (Lipinski definition) is 4. The first-order valence-electron chi connectivity index (χ1n) is 11.0. The molecular formula is C23H33N3O2S. The number of benzene rings is 1. The van der Waals surface area contributed by atoms with E-state index in [-0.39, 0.29) is 22.8 Å². The number of thioether (sulfide) groups is 1. The summed E-state index contributed by atoms with van der Waals surface area (Å²) in [5.74, 6) is 0.155. The van der Waals surface area contributed by atoms with E-state index in [9.17, 15) is 9.59 Å². The summed E-state index contributed by atoms with van der Waals surface area (Å²) >= 11 is 1.42. The monoisotopic (exact) mass is 415 g/mol. The molecule has 6 heteroatoms. The van der Waals surface area contributed by atoms with Gasteiger partial charge in [0, 0.05) is 18.6 Å². The van der Waals surface area contributed by atoms with Gasteiger partial charge in [0.25, 0.3) is 5.56 Å². The molecule has 0 saturated heterocycles. The number of carbonyl (C=O) groups is 1. The van der Waals surface area contributed by atoms with E-state index in [4.69, 9.17) is 4.98 Å². The van der Waals surface area contributed by atoms with Gasteiger partial charge in [0.05, 0.1) is 16.2 Å². The predicted molar refractivity (Wildman–Crippen MR) is 121 cm³/mol. The first-order valence-corrected chi connectivity index (χ1v) is 11.8. The summed E-state index contributed by atoms with van der Waals surface area (Å²) < 4.78 is 1.77. The van der Waals surface area contributed by atoms with E-state index in [2.05, 4.69) is 13.8 Å². The molecular weight excluding hydrogens is 382 g/mol. The summed E-state index contributed by atoms with van der Waals surface area (Å²) in [4.78, 5) is 33.2. The largest absolute Gasteiger partial charge is 0.339 e. The first-order chi connectivity index (χ1) is 14.0. The molecule has 1 heterocycles. The van der Waals surface area contributed by atoms with E-state index in [1.54, 1.807) is 4.57 Å². The number of amides is 1. The summed E-state index contributed by atoms with van der Waals surface area (Å²) in [5, 5.41) is 0.998. The SMILES string of the molecule is CC[C@@H](C)n1c(S[C@@H](C)C(=O)N(CC)C2CCCCC2)nc2ccccc2c1=O. The molecule has 0 spiro atoms. The smallest absolute Gasteiger partial charge is 0.262 e. The minimum Gasteiger partial charge on any atom is -0.339 e. The maximum absolute atomic E-state index is 13.3. The van der Waals surface area contributed by atoms with Crippen molar-refractivity contribution < 1.29 is 4.79 Å². The molecule has 0 aliphatic heterocycles. The minimum absolute atomic E-state index is 0.0215. The zero-order chi connectivity index (χ0) is 21.0. The Balaban J connectivity index is 1.91. The van der Waals surface area contributed by atoms with Gasteiger partial charge in [-0.3, -0.25) is 14.2 Å². The highest BCUT2D eigenvalue weighted by Gasteiger charge is 2.29. The van der Waals surface area contributed by atoms with Gasteiger partial charge in [0.15, 0.2) is 5.16 Å². The van der Waals surface area contributed by atoms with E-state index >= 15 is 0 Å². The molecule has 1 saturated carbocycles. The summed E-state index contributed by atoms with van der Waals surface area (Å²) in [6, 6.07) is 7.85. The lowest BCUT2D eigenvalue weighted by molar-refractivity contribution is -0.133. The van der Waals surface area contributed by atoms with Crippen LogP contribution < -0.4 is 5.56 Å². The average Bonchev–Trinajstić information content (AvgIpc) is 2.74. The molecule has 158 valence electrons.